The quantitative estimate of drug-likeness (QED) is 0.588. The first-order chi connectivity index (χ1) is 12.6. The maximum Gasteiger partial charge on any atom is 0.254 e. The summed E-state index contributed by atoms with van der Waals surface area (Å²) >= 11 is 0. The van der Waals surface area contributed by atoms with Gasteiger partial charge in [-0.15, -0.1) is 0 Å². The molecule has 9 heteroatoms. The number of aromatic nitrogens is 4. The minimum atomic E-state index is -0.160. The average molecular weight is 358 g/mol. The monoisotopic (exact) mass is 358 g/mol. The number of methoxy groups -OCH3 is 1. The molecule has 0 aliphatic carbocycles. The third-order valence-electron chi connectivity index (χ3n) is 3.93. The first-order valence-electron chi connectivity index (χ1n) is 8.34. The Hall–Kier alpha value is -2.94. The Morgan fingerprint density at radius 3 is 2.88 bits per heavy atom. The smallest absolute Gasteiger partial charge is 0.254 e. The van der Waals surface area contributed by atoms with Crippen molar-refractivity contribution in [1.82, 2.24) is 25.1 Å². The number of hydrogen-bond donors (Lipinski definition) is 2. The number of carbonyl (C=O) groups excluding carboxylic acids is 1. The number of furan rings is 1. The lowest BCUT2D eigenvalue weighted by molar-refractivity contribution is 0.0950. The van der Waals surface area contributed by atoms with Crippen LogP contribution < -0.4 is 10.6 Å². The number of aryl methyl sites for hydroxylation is 2. The fourth-order valence-electron chi connectivity index (χ4n) is 2.70. The van der Waals surface area contributed by atoms with Crippen LogP contribution in [0.15, 0.2) is 23.0 Å². The number of ether oxygens (including phenoxy) is 1. The number of nitrogens with one attached hydrogen (secondary N) is 2. The van der Waals surface area contributed by atoms with Crippen molar-refractivity contribution in [2.45, 2.75) is 20.4 Å². The van der Waals surface area contributed by atoms with E-state index in [0.717, 1.165) is 11.1 Å². The van der Waals surface area contributed by atoms with Gasteiger partial charge in [0.05, 0.1) is 30.3 Å². The van der Waals surface area contributed by atoms with E-state index in [4.69, 9.17) is 9.15 Å². The van der Waals surface area contributed by atoms with Gasteiger partial charge in [0.2, 0.25) is 0 Å². The molecular weight excluding hydrogens is 336 g/mol. The highest BCUT2D eigenvalue weighted by Gasteiger charge is 2.14. The van der Waals surface area contributed by atoms with Crippen LogP contribution in [0.2, 0.25) is 0 Å². The van der Waals surface area contributed by atoms with Gasteiger partial charge in [-0.1, -0.05) is 0 Å². The third kappa shape index (κ3) is 3.83. The van der Waals surface area contributed by atoms with Crippen LogP contribution >= 0.6 is 0 Å². The standard InChI is InChI=1S/C17H22N6O3/c1-11-8-13(12(2)26-11)17(24)19-4-6-23-16-14(9-22-23)15(20-10-21-16)18-5-7-25-3/h8-10H,4-7H2,1-3H3,(H,19,24)(H,18,20,21). The molecule has 0 unspecified atom stereocenters. The van der Waals surface area contributed by atoms with Gasteiger partial charge in [-0.05, 0) is 19.9 Å². The van der Waals surface area contributed by atoms with Gasteiger partial charge in [0.25, 0.3) is 5.91 Å². The third-order valence-corrected chi connectivity index (χ3v) is 3.93. The second-order valence-corrected chi connectivity index (χ2v) is 5.83. The molecule has 3 rings (SSSR count). The largest absolute Gasteiger partial charge is 0.466 e. The molecule has 0 fully saturated rings. The van der Waals surface area contributed by atoms with Crippen molar-refractivity contribution in [3.8, 4) is 0 Å². The van der Waals surface area contributed by atoms with Crippen molar-refractivity contribution in [3.05, 3.63) is 35.7 Å². The van der Waals surface area contributed by atoms with E-state index in [0.29, 0.717) is 49.0 Å². The first-order valence-corrected chi connectivity index (χ1v) is 8.34. The molecule has 0 saturated heterocycles. The SMILES string of the molecule is COCCNc1ncnc2c1cnn2CCNC(=O)c1cc(C)oc1C. The molecule has 1 amide bonds. The lowest BCUT2D eigenvalue weighted by Gasteiger charge is -2.07. The summed E-state index contributed by atoms with van der Waals surface area (Å²) in [5.41, 5.74) is 1.27. The van der Waals surface area contributed by atoms with Crippen molar-refractivity contribution >= 4 is 22.8 Å². The number of rotatable bonds is 8. The molecule has 0 bridgehead atoms. The van der Waals surface area contributed by atoms with Crippen LogP contribution in [0.1, 0.15) is 21.9 Å². The summed E-state index contributed by atoms with van der Waals surface area (Å²) in [7, 11) is 1.65. The van der Waals surface area contributed by atoms with Crippen LogP contribution in [-0.4, -0.2) is 52.5 Å². The van der Waals surface area contributed by atoms with Gasteiger partial charge in [0.15, 0.2) is 5.65 Å². The molecule has 0 aromatic carbocycles. The van der Waals surface area contributed by atoms with Gasteiger partial charge in [0, 0.05) is 20.2 Å². The predicted octanol–water partition coefficient (Wildman–Crippen LogP) is 1.52. The van der Waals surface area contributed by atoms with Gasteiger partial charge in [-0.3, -0.25) is 4.79 Å². The van der Waals surface area contributed by atoms with E-state index in [9.17, 15) is 4.79 Å². The Morgan fingerprint density at radius 2 is 2.15 bits per heavy atom. The minimum Gasteiger partial charge on any atom is -0.466 e. The maximum absolute atomic E-state index is 12.2. The van der Waals surface area contributed by atoms with E-state index >= 15 is 0 Å². The number of hydrogen-bond acceptors (Lipinski definition) is 7. The Labute approximate surface area is 150 Å². The molecule has 0 radical (unpaired) electrons. The van der Waals surface area contributed by atoms with Gasteiger partial charge in [0.1, 0.15) is 23.7 Å². The van der Waals surface area contributed by atoms with Gasteiger partial charge >= 0.3 is 0 Å². The summed E-state index contributed by atoms with van der Waals surface area (Å²) in [5.74, 6) is 1.89. The predicted molar refractivity (Wildman–Crippen MR) is 96.2 cm³/mol. The number of amides is 1. The van der Waals surface area contributed by atoms with Crippen LogP contribution in [0.5, 0.6) is 0 Å². The molecule has 138 valence electrons. The van der Waals surface area contributed by atoms with Gasteiger partial charge in [-0.25, -0.2) is 14.6 Å². The van der Waals surface area contributed by atoms with Crippen LogP contribution in [0, 0.1) is 13.8 Å². The average Bonchev–Trinajstić information content (AvgIpc) is 3.18. The fourth-order valence-corrected chi connectivity index (χ4v) is 2.70. The van der Waals surface area contributed by atoms with E-state index in [1.807, 2.05) is 6.92 Å². The molecule has 9 nitrogen and oxygen atoms in total. The van der Waals surface area contributed by atoms with Crippen molar-refractivity contribution < 1.29 is 13.9 Å². The van der Waals surface area contributed by atoms with Gasteiger partial charge < -0.3 is 19.8 Å². The van der Waals surface area contributed by atoms with Crippen LogP contribution in [0.3, 0.4) is 0 Å². The zero-order valence-corrected chi connectivity index (χ0v) is 15.1. The molecule has 0 aliphatic heterocycles. The fraction of sp³-hybridized carbons (Fsp3) is 0.412. The summed E-state index contributed by atoms with van der Waals surface area (Å²) in [5, 5.41) is 11.3. The summed E-state index contributed by atoms with van der Waals surface area (Å²) in [6.45, 7) is 5.75. The number of nitrogens with zero attached hydrogens (tertiary/aromatic N) is 4. The molecular formula is C17H22N6O3. The summed E-state index contributed by atoms with van der Waals surface area (Å²) < 4.78 is 12.2. The number of carbonyl (C=O) groups is 1. The second-order valence-electron chi connectivity index (χ2n) is 5.83. The minimum absolute atomic E-state index is 0.160. The lowest BCUT2D eigenvalue weighted by Crippen LogP contribution is -2.27. The highest BCUT2D eigenvalue weighted by molar-refractivity contribution is 5.95. The number of anilines is 1. The topological polar surface area (TPSA) is 107 Å². The van der Waals surface area contributed by atoms with Crippen molar-refractivity contribution in [2.24, 2.45) is 0 Å². The Balaban J connectivity index is 1.63. The van der Waals surface area contributed by atoms with E-state index < -0.39 is 0 Å². The summed E-state index contributed by atoms with van der Waals surface area (Å²) in [6.07, 6.45) is 3.21. The zero-order chi connectivity index (χ0) is 18.5. The Kier molecular flexibility index (Phi) is 5.47. The number of fused-ring (bicyclic) bond motifs is 1. The highest BCUT2D eigenvalue weighted by atomic mass is 16.5. The van der Waals surface area contributed by atoms with E-state index in [2.05, 4.69) is 25.7 Å². The Bertz CT molecular complexity index is 901. The van der Waals surface area contributed by atoms with Crippen molar-refractivity contribution in [1.29, 1.82) is 0 Å². The molecule has 3 heterocycles. The normalized spacial score (nSPS) is 11.0. The van der Waals surface area contributed by atoms with E-state index in [-0.39, 0.29) is 5.91 Å². The molecule has 26 heavy (non-hydrogen) atoms. The van der Waals surface area contributed by atoms with E-state index in [1.54, 1.807) is 31.0 Å². The van der Waals surface area contributed by atoms with Crippen molar-refractivity contribution in [2.75, 3.05) is 32.1 Å². The molecule has 0 saturated carbocycles. The molecule has 0 spiro atoms. The highest BCUT2D eigenvalue weighted by Crippen LogP contribution is 2.18. The van der Waals surface area contributed by atoms with Crippen LogP contribution in [0.25, 0.3) is 11.0 Å². The lowest BCUT2D eigenvalue weighted by atomic mass is 10.2. The van der Waals surface area contributed by atoms with E-state index in [1.165, 1.54) is 6.33 Å². The molecule has 2 N–H and O–H groups in total. The second kappa shape index (κ2) is 7.96. The summed E-state index contributed by atoms with van der Waals surface area (Å²) in [4.78, 5) is 20.8. The Morgan fingerprint density at radius 1 is 1.31 bits per heavy atom. The maximum atomic E-state index is 12.2. The van der Waals surface area contributed by atoms with Gasteiger partial charge in [-0.2, -0.15) is 5.10 Å². The molecule has 0 aliphatic rings. The molecule has 3 aromatic heterocycles. The van der Waals surface area contributed by atoms with Crippen molar-refractivity contribution in [3.63, 3.8) is 0 Å². The molecule has 3 aromatic rings. The zero-order valence-electron chi connectivity index (χ0n) is 15.1. The first kappa shape index (κ1) is 17.9. The van der Waals surface area contributed by atoms with Crippen LogP contribution in [-0.2, 0) is 11.3 Å². The summed E-state index contributed by atoms with van der Waals surface area (Å²) in [6, 6.07) is 1.74. The van der Waals surface area contributed by atoms with Crippen LogP contribution in [0.4, 0.5) is 5.82 Å². The molecule has 0 atom stereocenters.